The summed E-state index contributed by atoms with van der Waals surface area (Å²) in [5.41, 5.74) is 3.18. The van der Waals surface area contributed by atoms with E-state index in [4.69, 9.17) is 0 Å². The molecule has 0 radical (unpaired) electrons. The summed E-state index contributed by atoms with van der Waals surface area (Å²) >= 11 is 0. The molecule has 2 aromatic heterocycles. The molecule has 0 aliphatic carbocycles. The van der Waals surface area contributed by atoms with Gasteiger partial charge in [-0.05, 0) is 30.3 Å². The molecule has 2 aliphatic heterocycles. The molecular formula is C26H22N6O3. The molecule has 0 unspecified atom stereocenters. The van der Waals surface area contributed by atoms with Crippen molar-refractivity contribution in [3.63, 3.8) is 0 Å². The maximum Gasteiger partial charge on any atom is 0.260 e. The minimum absolute atomic E-state index is 0.120. The lowest BCUT2D eigenvalue weighted by Crippen LogP contribution is -2.49. The number of carbonyl (C=O) groups excluding carboxylic acids is 3. The van der Waals surface area contributed by atoms with Crippen molar-refractivity contribution in [2.75, 3.05) is 18.0 Å². The Morgan fingerprint density at radius 3 is 2.54 bits per heavy atom. The summed E-state index contributed by atoms with van der Waals surface area (Å²) in [5.74, 6) is 0.268. The summed E-state index contributed by atoms with van der Waals surface area (Å²) in [7, 11) is 0. The van der Waals surface area contributed by atoms with Gasteiger partial charge in [-0.2, -0.15) is 0 Å². The third-order valence-electron chi connectivity index (χ3n) is 6.52. The number of anilines is 1. The number of hydrogen-bond acceptors (Lipinski definition) is 5. The fraction of sp³-hybridized carbons (Fsp3) is 0.192. The van der Waals surface area contributed by atoms with Crippen LogP contribution in [-0.2, 0) is 11.2 Å². The Morgan fingerprint density at radius 2 is 1.66 bits per heavy atom. The number of nitrogens with one attached hydrogen (secondary N) is 1. The van der Waals surface area contributed by atoms with Crippen LogP contribution in [0.1, 0.15) is 44.7 Å². The molecule has 1 N–H and O–H groups in total. The first-order chi connectivity index (χ1) is 17.1. The minimum atomic E-state index is -0.559. The van der Waals surface area contributed by atoms with Crippen LogP contribution in [-0.4, -0.2) is 50.3 Å². The molecule has 9 nitrogen and oxygen atoms in total. The fourth-order valence-corrected chi connectivity index (χ4v) is 4.88. The normalized spacial score (nSPS) is 16.3. The van der Waals surface area contributed by atoms with Gasteiger partial charge in [0.25, 0.3) is 11.8 Å². The second kappa shape index (κ2) is 8.35. The highest BCUT2D eigenvalue weighted by atomic mass is 16.2. The number of rotatable bonds is 6. The Hall–Kier alpha value is -4.53. The van der Waals surface area contributed by atoms with Gasteiger partial charge in [-0.3, -0.25) is 23.7 Å². The van der Waals surface area contributed by atoms with Crippen molar-refractivity contribution in [1.29, 1.82) is 0 Å². The molecule has 35 heavy (non-hydrogen) atoms. The Morgan fingerprint density at radius 1 is 0.886 bits per heavy atom. The van der Waals surface area contributed by atoms with Crippen LogP contribution in [0.2, 0.25) is 0 Å². The van der Waals surface area contributed by atoms with Gasteiger partial charge in [-0.25, -0.2) is 0 Å². The van der Waals surface area contributed by atoms with Crippen LogP contribution in [0.15, 0.2) is 72.9 Å². The summed E-state index contributed by atoms with van der Waals surface area (Å²) in [6.07, 6.45) is 1.98. The van der Waals surface area contributed by atoms with E-state index in [9.17, 15) is 14.4 Å². The monoisotopic (exact) mass is 466 g/mol. The maximum absolute atomic E-state index is 13.4. The molecule has 0 bridgehead atoms. The number of aromatic nitrogens is 3. The molecule has 6 rings (SSSR count). The zero-order valence-electron chi connectivity index (χ0n) is 18.8. The predicted molar refractivity (Wildman–Crippen MR) is 128 cm³/mol. The van der Waals surface area contributed by atoms with Gasteiger partial charge in [0.05, 0.1) is 11.3 Å². The van der Waals surface area contributed by atoms with Crippen LogP contribution in [0.4, 0.5) is 5.69 Å². The van der Waals surface area contributed by atoms with Crippen molar-refractivity contribution >= 4 is 29.1 Å². The van der Waals surface area contributed by atoms with Gasteiger partial charge in [-0.15, -0.1) is 10.2 Å². The van der Waals surface area contributed by atoms with Crippen LogP contribution in [0.25, 0.3) is 5.65 Å². The lowest BCUT2D eigenvalue weighted by molar-refractivity contribution is -0.121. The van der Waals surface area contributed by atoms with E-state index in [-0.39, 0.29) is 30.7 Å². The number of nitrogens with zero attached hydrogens (tertiary/aromatic N) is 5. The van der Waals surface area contributed by atoms with Crippen LogP contribution in [0, 0.1) is 0 Å². The molecule has 0 spiro atoms. The first-order valence-corrected chi connectivity index (χ1v) is 11.5. The van der Waals surface area contributed by atoms with E-state index in [0.29, 0.717) is 29.8 Å². The lowest BCUT2D eigenvalue weighted by atomic mass is 10.0. The highest BCUT2D eigenvalue weighted by Crippen LogP contribution is 2.45. The Kier molecular flexibility index (Phi) is 5.02. The van der Waals surface area contributed by atoms with Crippen LogP contribution in [0.5, 0.6) is 0 Å². The van der Waals surface area contributed by atoms with Crippen molar-refractivity contribution in [3.05, 3.63) is 95.4 Å². The van der Waals surface area contributed by atoms with E-state index in [1.54, 1.807) is 34.1 Å². The van der Waals surface area contributed by atoms with Crippen molar-refractivity contribution in [2.45, 2.75) is 19.0 Å². The molecule has 3 amide bonds. The summed E-state index contributed by atoms with van der Waals surface area (Å²) in [6.45, 7) is 0.595. The summed E-state index contributed by atoms with van der Waals surface area (Å²) < 4.78 is 1.89. The van der Waals surface area contributed by atoms with Gasteiger partial charge in [0.15, 0.2) is 5.65 Å². The van der Waals surface area contributed by atoms with E-state index in [1.807, 2.05) is 53.1 Å². The van der Waals surface area contributed by atoms with E-state index in [1.165, 1.54) is 0 Å². The lowest BCUT2D eigenvalue weighted by Gasteiger charge is -2.40. The highest BCUT2D eigenvalue weighted by Gasteiger charge is 2.47. The molecule has 1 atom stereocenters. The van der Waals surface area contributed by atoms with Gasteiger partial charge < -0.3 is 10.2 Å². The molecule has 0 saturated carbocycles. The largest absolute Gasteiger partial charge is 0.356 e. The molecule has 2 aliphatic rings. The maximum atomic E-state index is 13.4. The molecular weight excluding hydrogens is 444 g/mol. The molecule has 0 fully saturated rings. The molecule has 174 valence electrons. The van der Waals surface area contributed by atoms with Gasteiger partial charge in [0.2, 0.25) is 5.91 Å². The quantitative estimate of drug-likeness (QED) is 0.471. The van der Waals surface area contributed by atoms with Crippen LogP contribution >= 0.6 is 0 Å². The average molecular weight is 467 g/mol. The minimum Gasteiger partial charge on any atom is -0.356 e. The number of para-hydroxylation sites is 1. The Bertz CT molecular complexity index is 1480. The molecule has 2 aromatic carbocycles. The fourth-order valence-electron chi connectivity index (χ4n) is 4.88. The zero-order chi connectivity index (χ0) is 23.9. The molecule has 4 heterocycles. The summed E-state index contributed by atoms with van der Waals surface area (Å²) in [6, 6.07) is 20.1. The van der Waals surface area contributed by atoms with Crippen molar-refractivity contribution in [1.82, 2.24) is 24.8 Å². The Balaban J connectivity index is 1.17. The van der Waals surface area contributed by atoms with E-state index in [2.05, 4.69) is 15.5 Å². The van der Waals surface area contributed by atoms with Crippen molar-refractivity contribution in [2.24, 2.45) is 0 Å². The third kappa shape index (κ3) is 3.43. The van der Waals surface area contributed by atoms with Gasteiger partial charge in [-0.1, -0.05) is 36.4 Å². The molecule has 4 aromatic rings. The number of amides is 3. The number of carbonyl (C=O) groups is 3. The number of benzene rings is 2. The molecule has 0 saturated heterocycles. The van der Waals surface area contributed by atoms with Crippen LogP contribution in [0.3, 0.4) is 0 Å². The third-order valence-corrected chi connectivity index (χ3v) is 6.52. The van der Waals surface area contributed by atoms with Crippen molar-refractivity contribution < 1.29 is 14.4 Å². The Labute approximate surface area is 201 Å². The standard InChI is InChI=1S/C26H22N6O3/c33-23(27-14-12-22-29-28-21-11-5-6-15-30(21)22)13-16-31-24-17-7-1-2-8-18(17)26(35)32(24)20-10-4-3-9-19(20)25(31)34/h1-11,15,24H,12-14,16H2,(H,27,33)/t24-/m0/s1. The van der Waals surface area contributed by atoms with E-state index < -0.39 is 6.17 Å². The zero-order valence-corrected chi connectivity index (χ0v) is 18.8. The second-order valence-electron chi connectivity index (χ2n) is 8.55. The van der Waals surface area contributed by atoms with E-state index in [0.717, 1.165) is 17.0 Å². The second-order valence-corrected chi connectivity index (χ2v) is 8.55. The SMILES string of the molecule is O=C(CCN1C(=O)c2ccccc2N2C(=O)c3ccccc3[C@@H]12)NCCc1nnc2ccccn12. The summed E-state index contributed by atoms with van der Waals surface area (Å²) in [5, 5.41) is 11.2. The van der Waals surface area contributed by atoms with Crippen molar-refractivity contribution in [3.8, 4) is 0 Å². The number of fused-ring (bicyclic) bond motifs is 6. The predicted octanol–water partition coefficient (Wildman–Crippen LogP) is 2.59. The first-order valence-electron chi connectivity index (χ1n) is 11.5. The smallest absolute Gasteiger partial charge is 0.260 e. The summed E-state index contributed by atoms with van der Waals surface area (Å²) in [4.78, 5) is 42.6. The van der Waals surface area contributed by atoms with E-state index >= 15 is 0 Å². The topological polar surface area (TPSA) is 99.9 Å². The average Bonchev–Trinajstić information content (AvgIpc) is 3.43. The highest BCUT2D eigenvalue weighted by molar-refractivity contribution is 6.16. The van der Waals surface area contributed by atoms with Gasteiger partial charge in [0.1, 0.15) is 12.0 Å². The van der Waals surface area contributed by atoms with Crippen LogP contribution < -0.4 is 10.2 Å². The number of hydrogen-bond donors (Lipinski definition) is 1. The number of pyridine rings is 1. The molecule has 9 heteroatoms. The van der Waals surface area contributed by atoms with Gasteiger partial charge in [0, 0.05) is 43.3 Å². The van der Waals surface area contributed by atoms with Gasteiger partial charge >= 0.3 is 0 Å². The first kappa shape index (κ1) is 21.0.